The number of halogens is 4. The molecular formula is C27H19ClF3N3O2S. The number of carbonyl (C=O) groups is 1. The average molecular weight is 542 g/mol. The van der Waals surface area contributed by atoms with Gasteiger partial charge in [0.2, 0.25) is 0 Å². The van der Waals surface area contributed by atoms with Gasteiger partial charge in [-0.05, 0) is 49.8 Å². The number of aryl methyl sites for hydroxylation is 1. The van der Waals surface area contributed by atoms with E-state index in [1.165, 1.54) is 29.5 Å². The Morgan fingerprint density at radius 3 is 2.59 bits per heavy atom. The third-order valence-corrected chi connectivity index (χ3v) is 6.82. The zero-order valence-electron chi connectivity index (χ0n) is 19.6. The van der Waals surface area contributed by atoms with Crippen LogP contribution in [0.15, 0.2) is 65.6 Å². The predicted octanol–water partition coefficient (Wildman–Crippen LogP) is 7.54. The first-order valence-electron chi connectivity index (χ1n) is 10.9. The predicted molar refractivity (Wildman–Crippen MR) is 136 cm³/mol. The van der Waals surface area contributed by atoms with Crippen LogP contribution in [0.4, 0.5) is 13.2 Å². The zero-order valence-corrected chi connectivity index (χ0v) is 21.2. The van der Waals surface area contributed by atoms with Crippen molar-refractivity contribution in [2.75, 3.05) is 0 Å². The van der Waals surface area contributed by atoms with E-state index < -0.39 is 22.7 Å². The lowest BCUT2D eigenvalue weighted by Crippen LogP contribution is -2.08. The molecule has 0 bridgehead atoms. The minimum Gasteiger partial charge on any atom is -0.455 e. The Morgan fingerprint density at radius 1 is 1.19 bits per heavy atom. The molecule has 4 rings (SSSR count). The lowest BCUT2D eigenvalue weighted by molar-refractivity contribution is -0.140. The van der Waals surface area contributed by atoms with E-state index in [0.717, 1.165) is 16.6 Å². The molecule has 188 valence electrons. The number of esters is 1. The molecule has 0 saturated carbocycles. The first-order valence-corrected chi connectivity index (χ1v) is 12.2. The van der Waals surface area contributed by atoms with Gasteiger partial charge in [-0.1, -0.05) is 41.9 Å². The van der Waals surface area contributed by atoms with Crippen LogP contribution in [0.2, 0.25) is 5.02 Å². The van der Waals surface area contributed by atoms with Crippen LogP contribution in [0.5, 0.6) is 0 Å². The molecular weight excluding hydrogens is 523 g/mol. The summed E-state index contributed by atoms with van der Waals surface area (Å²) in [4.78, 5) is 17.1. The second-order valence-electron chi connectivity index (χ2n) is 8.08. The molecule has 0 amide bonds. The molecule has 0 fully saturated rings. The molecule has 10 heteroatoms. The number of carbonyl (C=O) groups excluding carboxylic acids is 1. The molecule has 0 aliphatic carbocycles. The van der Waals surface area contributed by atoms with Crippen molar-refractivity contribution in [3.8, 4) is 22.3 Å². The monoisotopic (exact) mass is 541 g/mol. The highest BCUT2D eigenvalue weighted by Crippen LogP contribution is 2.36. The Morgan fingerprint density at radius 2 is 1.92 bits per heavy atom. The van der Waals surface area contributed by atoms with Crippen LogP contribution in [-0.4, -0.2) is 15.5 Å². The maximum atomic E-state index is 13.3. The topological polar surface area (TPSA) is 67.9 Å². The van der Waals surface area contributed by atoms with Crippen LogP contribution >= 0.6 is 22.9 Å². The number of nitrogens with zero attached hydrogens (tertiary/aromatic N) is 3. The first-order chi connectivity index (χ1) is 17.6. The Labute approximate surface area is 220 Å². The van der Waals surface area contributed by atoms with Gasteiger partial charge in [-0.3, -0.25) is 0 Å². The van der Waals surface area contributed by atoms with Gasteiger partial charge in [0.15, 0.2) is 0 Å². The largest absolute Gasteiger partial charge is 0.455 e. The van der Waals surface area contributed by atoms with Gasteiger partial charge < -0.3 is 9.30 Å². The fraction of sp³-hybridized carbons (Fsp3) is 0.148. The van der Waals surface area contributed by atoms with Crippen LogP contribution < -0.4 is 0 Å². The third-order valence-electron chi connectivity index (χ3n) is 5.55. The summed E-state index contributed by atoms with van der Waals surface area (Å²) in [7, 11) is 0. The zero-order chi connectivity index (χ0) is 26.7. The van der Waals surface area contributed by atoms with Gasteiger partial charge in [0, 0.05) is 28.0 Å². The third kappa shape index (κ3) is 5.77. The van der Waals surface area contributed by atoms with E-state index in [0.29, 0.717) is 22.6 Å². The van der Waals surface area contributed by atoms with Crippen LogP contribution in [0, 0.1) is 25.2 Å². The number of aromatic nitrogens is 2. The van der Waals surface area contributed by atoms with E-state index in [-0.39, 0.29) is 17.9 Å². The highest BCUT2D eigenvalue weighted by atomic mass is 35.5. The van der Waals surface area contributed by atoms with Crippen molar-refractivity contribution in [3.63, 3.8) is 0 Å². The molecule has 5 nitrogen and oxygen atoms in total. The van der Waals surface area contributed by atoms with Crippen molar-refractivity contribution in [1.82, 2.24) is 9.55 Å². The van der Waals surface area contributed by atoms with Crippen LogP contribution in [-0.2, 0) is 22.3 Å². The Balaban J connectivity index is 1.54. The van der Waals surface area contributed by atoms with Crippen LogP contribution in [0.1, 0.15) is 28.2 Å². The van der Waals surface area contributed by atoms with Gasteiger partial charge in [0.25, 0.3) is 0 Å². The van der Waals surface area contributed by atoms with Gasteiger partial charge in [0.1, 0.15) is 23.3 Å². The fourth-order valence-corrected chi connectivity index (χ4v) is 4.83. The van der Waals surface area contributed by atoms with Crippen molar-refractivity contribution >= 4 is 35.0 Å². The molecule has 2 aromatic carbocycles. The van der Waals surface area contributed by atoms with Crippen LogP contribution in [0.25, 0.3) is 22.3 Å². The normalized spacial score (nSPS) is 11.9. The summed E-state index contributed by atoms with van der Waals surface area (Å²) in [6, 6.07) is 16.7. The van der Waals surface area contributed by atoms with Gasteiger partial charge in [0.05, 0.1) is 16.3 Å². The maximum absolute atomic E-state index is 13.3. The number of nitriles is 1. The van der Waals surface area contributed by atoms with E-state index in [2.05, 4.69) is 4.98 Å². The van der Waals surface area contributed by atoms with Crippen molar-refractivity contribution in [3.05, 3.63) is 98.8 Å². The Bertz CT molecular complexity index is 1530. The minimum absolute atomic E-state index is 0.106. The number of hydrogen-bond donors (Lipinski definition) is 0. The molecule has 0 spiro atoms. The summed E-state index contributed by atoms with van der Waals surface area (Å²) in [5, 5.41) is 11.7. The van der Waals surface area contributed by atoms with Crippen molar-refractivity contribution in [2.45, 2.75) is 26.6 Å². The van der Waals surface area contributed by atoms with Crippen LogP contribution in [0.3, 0.4) is 0 Å². The molecule has 0 radical (unpaired) electrons. The highest BCUT2D eigenvalue weighted by molar-refractivity contribution is 7.13. The van der Waals surface area contributed by atoms with Crippen molar-refractivity contribution in [2.24, 2.45) is 0 Å². The molecule has 0 unspecified atom stereocenters. The molecule has 2 heterocycles. The number of rotatable bonds is 6. The average Bonchev–Trinajstić information content (AvgIpc) is 3.45. The van der Waals surface area contributed by atoms with Crippen molar-refractivity contribution in [1.29, 1.82) is 5.26 Å². The lowest BCUT2D eigenvalue weighted by atomic mass is 10.1. The summed E-state index contributed by atoms with van der Waals surface area (Å²) in [6.07, 6.45) is -3.25. The number of hydrogen-bond acceptors (Lipinski definition) is 5. The van der Waals surface area contributed by atoms with Gasteiger partial charge in [-0.25, -0.2) is 9.78 Å². The molecule has 4 aromatic rings. The van der Waals surface area contributed by atoms with E-state index in [4.69, 9.17) is 16.3 Å². The first kappa shape index (κ1) is 26.2. The maximum Gasteiger partial charge on any atom is 0.417 e. The Hall–Kier alpha value is -3.87. The van der Waals surface area contributed by atoms with E-state index in [1.54, 1.807) is 29.9 Å². The molecule has 0 aliphatic rings. The second kappa shape index (κ2) is 10.6. The van der Waals surface area contributed by atoms with Crippen molar-refractivity contribution < 1.29 is 22.7 Å². The SMILES string of the molecule is Cc1cc(/C=C(/C#N)C(=O)OCc2csc(-c3ccccc3)n2)c(C)n1-c1ccc(Cl)c(C(F)(F)F)c1. The molecule has 0 aliphatic heterocycles. The van der Waals surface area contributed by atoms with E-state index >= 15 is 0 Å². The number of thiazole rings is 1. The standard InChI is InChI=1S/C27H19ClF3N3O2S/c1-16-10-19(17(2)34(16)22-8-9-24(28)23(12-22)27(29,30)31)11-20(13-32)26(35)36-14-21-15-37-25(33-21)18-6-4-3-5-7-18/h3-12,15H,14H2,1-2H3/b20-11-. The lowest BCUT2D eigenvalue weighted by Gasteiger charge is -2.14. The minimum atomic E-state index is -4.61. The summed E-state index contributed by atoms with van der Waals surface area (Å²) < 4.78 is 46.9. The van der Waals surface area contributed by atoms with Gasteiger partial charge >= 0.3 is 12.1 Å². The summed E-state index contributed by atoms with van der Waals surface area (Å²) in [5.41, 5.74) is 2.21. The molecule has 0 saturated heterocycles. The number of alkyl halides is 3. The molecule has 0 N–H and O–H groups in total. The van der Waals surface area contributed by atoms with Gasteiger partial charge in [-0.15, -0.1) is 11.3 Å². The Kier molecular flexibility index (Phi) is 7.52. The summed E-state index contributed by atoms with van der Waals surface area (Å²) in [5.74, 6) is -0.826. The van der Waals surface area contributed by atoms with E-state index in [1.807, 2.05) is 36.4 Å². The smallest absolute Gasteiger partial charge is 0.417 e. The summed E-state index contributed by atoms with van der Waals surface area (Å²) >= 11 is 7.17. The van der Waals surface area contributed by atoms with E-state index in [9.17, 15) is 23.2 Å². The number of benzene rings is 2. The quantitative estimate of drug-likeness (QED) is 0.144. The fourth-order valence-electron chi connectivity index (χ4n) is 3.80. The van der Waals surface area contributed by atoms with Gasteiger partial charge in [-0.2, -0.15) is 18.4 Å². The highest BCUT2D eigenvalue weighted by Gasteiger charge is 2.33. The second-order valence-corrected chi connectivity index (χ2v) is 9.35. The molecule has 37 heavy (non-hydrogen) atoms. The summed E-state index contributed by atoms with van der Waals surface area (Å²) in [6.45, 7) is 3.29. The molecule has 2 aromatic heterocycles. The molecule has 0 atom stereocenters. The number of ether oxygens (including phenoxy) is 1.